The molecule has 150 valence electrons. The number of aliphatic carboxylic acids is 1. The van der Waals surface area contributed by atoms with Crippen molar-refractivity contribution >= 4 is 16.9 Å². The van der Waals surface area contributed by atoms with E-state index in [1.54, 1.807) is 61.7 Å². The maximum absolute atomic E-state index is 12.1. The fourth-order valence-corrected chi connectivity index (χ4v) is 3.24. The fraction of sp³-hybridized carbons (Fsp3) is 0.0833. The SMILES string of the molecule is COc1ccc(-c2cc(=O)oc3cc(O[C@H](C(=O)[O-])c4ccccc4)ccc23)cc1. The van der Waals surface area contributed by atoms with Gasteiger partial charge in [-0.05, 0) is 41.0 Å². The number of methoxy groups -OCH3 is 1. The van der Waals surface area contributed by atoms with Crippen LogP contribution in [-0.2, 0) is 4.79 Å². The van der Waals surface area contributed by atoms with E-state index in [0.29, 0.717) is 22.3 Å². The molecule has 0 bridgehead atoms. The van der Waals surface area contributed by atoms with E-state index in [9.17, 15) is 14.7 Å². The van der Waals surface area contributed by atoms with Gasteiger partial charge in [-0.15, -0.1) is 0 Å². The van der Waals surface area contributed by atoms with Crippen LogP contribution in [0.2, 0.25) is 0 Å². The number of hydrogen-bond acceptors (Lipinski definition) is 6. The second-order valence-electron chi connectivity index (χ2n) is 6.59. The van der Waals surface area contributed by atoms with Crippen LogP contribution in [-0.4, -0.2) is 13.1 Å². The third kappa shape index (κ3) is 3.89. The molecule has 1 heterocycles. The minimum Gasteiger partial charge on any atom is -0.546 e. The minimum absolute atomic E-state index is 0.246. The molecule has 6 heteroatoms. The van der Waals surface area contributed by atoms with Gasteiger partial charge in [-0.3, -0.25) is 0 Å². The quantitative estimate of drug-likeness (QED) is 0.461. The number of hydrogen-bond donors (Lipinski definition) is 0. The number of ether oxygens (including phenoxy) is 2. The average Bonchev–Trinajstić information content (AvgIpc) is 2.77. The zero-order chi connectivity index (χ0) is 21.1. The minimum atomic E-state index is -1.37. The van der Waals surface area contributed by atoms with Gasteiger partial charge >= 0.3 is 5.63 Å². The molecule has 0 aliphatic heterocycles. The van der Waals surface area contributed by atoms with Gasteiger partial charge in [0, 0.05) is 17.5 Å². The molecular weight excluding hydrogens is 384 g/mol. The van der Waals surface area contributed by atoms with Gasteiger partial charge in [-0.2, -0.15) is 0 Å². The van der Waals surface area contributed by atoms with Crippen LogP contribution in [0.15, 0.2) is 88.1 Å². The number of carboxylic acids is 1. The van der Waals surface area contributed by atoms with Crippen molar-refractivity contribution < 1.29 is 23.8 Å². The molecule has 0 N–H and O–H groups in total. The third-order valence-corrected chi connectivity index (χ3v) is 4.69. The van der Waals surface area contributed by atoms with Crippen LogP contribution in [0.3, 0.4) is 0 Å². The largest absolute Gasteiger partial charge is 0.546 e. The highest BCUT2D eigenvalue weighted by molar-refractivity contribution is 5.93. The second-order valence-corrected chi connectivity index (χ2v) is 6.59. The van der Waals surface area contributed by atoms with E-state index in [1.807, 2.05) is 12.1 Å². The zero-order valence-corrected chi connectivity index (χ0v) is 16.0. The molecule has 0 unspecified atom stereocenters. The Balaban J connectivity index is 1.74. The molecule has 1 aromatic heterocycles. The highest BCUT2D eigenvalue weighted by Crippen LogP contribution is 2.32. The Hall–Kier alpha value is -4.06. The smallest absolute Gasteiger partial charge is 0.336 e. The van der Waals surface area contributed by atoms with Gasteiger partial charge in [-0.25, -0.2) is 4.79 Å². The van der Waals surface area contributed by atoms with Crippen molar-refractivity contribution in [2.45, 2.75) is 6.10 Å². The summed E-state index contributed by atoms with van der Waals surface area (Å²) in [5.41, 5.74) is 1.72. The van der Waals surface area contributed by atoms with Crippen LogP contribution in [0.1, 0.15) is 11.7 Å². The number of carbonyl (C=O) groups is 1. The van der Waals surface area contributed by atoms with Crippen LogP contribution in [0.25, 0.3) is 22.1 Å². The Morgan fingerprint density at radius 2 is 1.63 bits per heavy atom. The average molecular weight is 401 g/mol. The first-order chi connectivity index (χ1) is 14.5. The molecule has 0 fully saturated rings. The Morgan fingerprint density at radius 3 is 2.30 bits per heavy atom. The second kappa shape index (κ2) is 8.13. The summed E-state index contributed by atoms with van der Waals surface area (Å²) in [5, 5.41) is 12.3. The molecule has 3 aromatic carbocycles. The molecule has 4 rings (SSSR count). The maximum Gasteiger partial charge on any atom is 0.336 e. The molecule has 0 aliphatic carbocycles. The van der Waals surface area contributed by atoms with E-state index in [-0.39, 0.29) is 11.3 Å². The molecule has 6 nitrogen and oxygen atoms in total. The first-order valence-electron chi connectivity index (χ1n) is 9.20. The van der Waals surface area contributed by atoms with Gasteiger partial charge in [0.25, 0.3) is 0 Å². The van der Waals surface area contributed by atoms with Gasteiger partial charge in [-0.1, -0.05) is 42.5 Å². The van der Waals surface area contributed by atoms with Crippen molar-refractivity contribution in [1.29, 1.82) is 0 Å². The number of carboxylic acid groups (broad SMARTS) is 1. The van der Waals surface area contributed by atoms with Crippen molar-refractivity contribution in [2.75, 3.05) is 7.11 Å². The highest BCUT2D eigenvalue weighted by Gasteiger charge is 2.16. The van der Waals surface area contributed by atoms with E-state index < -0.39 is 17.7 Å². The first kappa shape index (κ1) is 19.3. The van der Waals surface area contributed by atoms with Gasteiger partial charge in [0.2, 0.25) is 0 Å². The molecular formula is C24H17O6-. The summed E-state index contributed by atoms with van der Waals surface area (Å²) >= 11 is 0. The fourth-order valence-electron chi connectivity index (χ4n) is 3.24. The van der Waals surface area contributed by atoms with Gasteiger partial charge in [0.1, 0.15) is 17.1 Å². The summed E-state index contributed by atoms with van der Waals surface area (Å²) < 4.78 is 16.2. The molecule has 4 aromatic rings. The van der Waals surface area contributed by atoms with Crippen molar-refractivity contribution in [3.63, 3.8) is 0 Å². The Labute approximate surface area is 171 Å². The monoisotopic (exact) mass is 401 g/mol. The van der Waals surface area contributed by atoms with Crippen molar-refractivity contribution in [2.24, 2.45) is 0 Å². The summed E-state index contributed by atoms with van der Waals surface area (Å²) in [6.45, 7) is 0. The summed E-state index contributed by atoms with van der Waals surface area (Å²) in [7, 11) is 1.58. The Bertz CT molecular complexity index is 1240. The van der Waals surface area contributed by atoms with Crippen molar-refractivity contribution in [3.05, 3.63) is 94.8 Å². The molecule has 0 aliphatic rings. The van der Waals surface area contributed by atoms with Gasteiger partial charge < -0.3 is 23.8 Å². The summed E-state index contributed by atoms with van der Waals surface area (Å²) in [4.78, 5) is 23.7. The normalized spacial score (nSPS) is 11.8. The predicted octanol–water partition coefficient (Wildman–Crippen LogP) is 3.34. The number of benzene rings is 3. The van der Waals surface area contributed by atoms with E-state index in [2.05, 4.69) is 0 Å². The summed E-state index contributed by atoms with van der Waals surface area (Å²) in [6, 6.07) is 22.1. The molecule has 0 spiro atoms. The van der Waals surface area contributed by atoms with Crippen LogP contribution in [0.4, 0.5) is 0 Å². The first-order valence-corrected chi connectivity index (χ1v) is 9.20. The van der Waals surface area contributed by atoms with Gasteiger partial charge in [0.05, 0.1) is 13.1 Å². The molecule has 0 saturated heterocycles. The molecule has 0 radical (unpaired) electrons. The lowest BCUT2D eigenvalue weighted by molar-refractivity contribution is -0.314. The molecule has 0 saturated carbocycles. The van der Waals surface area contributed by atoms with Crippen LogP contribution < -0.4 is 20.2 Å². The number of rotatable bonds is 6. The Morgan fingerprint density at radius 1 is 0.933 bits per heavy atom. The van der Waals surface area contributed by atoms with E-state index in [4.69, 9.17) is 13.9 Å². The number of fused-ring (bicyclic) bond motifs is 1. The summed E-state index contributed by atoms with van der Waals surface area (Å²) in [5.74, 6) is -0.416. The van der Waals surface area contributed by atoms with Crippen molar-refractivity contribution in [3.8, 4) is 22.6 Å². The van der Waals surface area contributed by atoms with Gasteiger partial charge in [0.15, 0.2) is 6.10 Å². The lowest BCUT2D eigenvalue weighted by atomic mass is 10.0. The molecule has 30 heavy (non-hydrogen) atoms. The summed E-state index contributed by atoms with van der Waals surface area (Å²) in [6.07, 6.45) is -1.29. The zero-order valence-electron chi connectivity index (χ0n) is 16.0. The van der Waals surface area contributed by atoms with E-state index in [0.717, 1.165) is 5.56 Å². The lowest BCUT2D eigenvalue weighted by Crippen LogP contribution is -2.33. The lowest BCUT2D eigenvalue weighted by Gasteiger charge is -2.20. The van der Waals surface area contributed by atoms with E-state index in [1.165, 1.54) is 12.1 Å². The van der Waals surface area contributed by atoms with Crippen molar-refractivity contribution in [1.82, 2.24) is 0 Å². The van der Waals surface area contributed by atoms with Crippen LogP contribution >= 0.6 is 0 Å². The molecule has 1 atom stereocenters. The topological polar surface area (TPSA) is 88.8 Å². The number of carbonyl (C=O) groups excluding carboxylic acids is 1. The standard InChI is InChI=1S/C24H18O6/c1-28-17-9-7-15(8-10-17)20-14-22(25)30-21-13-18(11-12-19(20)21)29-23(24(26)27)16-5-3-2-4-6-16/h2-14,23H,1H3,(H,26,27)/p-1/t23-/m0/s1. The maximum atomic E-state index is 12.1. The van der Waals surface area contributed by atoms with Crippen LogP contribution in [0, 0.1) is 0 Å². The van der Waals surface area contributed by atoms with E-state index >= 15 is 0 Å². The predicted molar refractivity (Wildman–Crippen MR) is 109 cm³/mol. The molecule has 0 amide bonds. The Kier molecular flexibility index (Phi) is 5.22. The third-order valence-electron chi connectivity index (χ3n) is 4.69. The highest BCUT2D eigenvalue weighted by atomic mass is 16.5. The van der Waals surface area contributed by atoms with Crippen LogP contribution in [0.5, 0.6) is 11.5 Å².